The third kappa shape index (κ3) is 4.32. The van der Waals surface area contributed by atoms with Gasteiger partial charge in [0.1, 0.15) is 0 Å². The first kappa shape index (κ1) is 17.7. The summed E-state index contributed by atoms with van der Waals surface area (Å²) in [5.74, 6) is 0.385. The lowest BCUT2D eigenvalue weighted by Crippen LogP contribution is -2.46. The van der Waals surface area contributed by atoms with Crippen molar-refractivity contribution in [2.45, 2.75) is 78.1 Å². The quantitative estimate of drug-likeness (QED) is 0.571. The Kier molecular flexibility index (Phi) is 5.85. The Labute approximate surface area is 125 Å². The van der Waals surface area contributed by atoms with Gasteiger partial charge in [0.25, 0.3) is 0 Å². The Hall–Kier alpha value is -0.353. The van der Waals surface area contributed by atoms with Crippen molar-refractivity contribution < 1.29 is 14.0 Å². The molecule has 0 bridgehead atoms. The second-order valence-electron chi connectivity index (χ2n) is 7.65. The Morgan fingerprint density at radius 3 is 2.35 bits per heavy atom. The third-order valence-electron chi connectivity index (χ3n) is 5.00. The number of carbonyl (C=O) groups is 1. The number of carbonyl (C=O) groups excluding carboxylic acids is 1. The predicted octanol–water partition coefficient (Wildman–Crippen LogP) is 4.38. The molecule has 1 unspecified atom stereocenters. The molecule has 1 aliphatic carbocycles. The number of rotatable bonds is 4. The van der Waals surface area contributed by atoms with Crippen LogP contribution in [0.2, 0.25) is 18.1 Å². The van der Waals surface area contributed by atoms with E-state index in [9.17, 15) is 4.79 Å². The van der Waals surface area contributed by atoms with Crippen molar-refractivity contribution in [1.82, 2.24) is 0 Å². The summed E-state index contributed by atoms with van der Waals surface area (Å²) in [7, 11) is -1.75. The molecule has 0 aromatic carbocycles. The minimum atomic E-state index is -1.75. The Bertz CT molecular complexity index is 333. The van der Waals surface area contributed by atoms with Crippen molar-refractivity contribution in [2.75, 3.05) is 6.61 Å². The molecule has 1 fully saturated rings. The van der Waals surface area contributed by atoms with Crippen LogP contribution in [0.15, 0.2) is 0 Å². The monoisotopic (exact) mass is 300 g/mol. The lowest BCUT2D eigenvalue weighted by Gasteiger charge is -2.42. The molecule has 3 atom stereocenters. The molecule has 0 saturated heterocycles. The van der Waals surface area contributed by atoms with Crippen molar-refractivity contribution in [1.29, 1.82) is 0 Å². The van der Waals surface area contributed by atoms with Gasteiger partial charge in [-0.1, -0.05) is 27.7 Å². The van der Waals surface area contributed by atoms with E-state index in [2.05, 4.69) is 40.8 Å². The highest BCUT2D eigenvalue weighted by Crippen LogP contribution is 2.40. The van der Waals surface area contributed by atoms with Crippen LogP contribution in [-0.4, -0.2) is 27.0 Å². The van der Waals surface area contributed by atoms with E-state index < -0.39 is 8.32 Å². The number of hydrogen-bond acceptors (Lipinski definition) is 3. The van der Waals surface area contributed by atoms with Gasteiger partial charge in [-0.15, -0.1) is 0 Å². The minimum Gasteiger partial charge on any atom is -0.466 e. The SMILES string of the molecule is CCOC(=O)[C@H]1CC(O[Si](C)(C)C(C)(C)C)CC[C@@H]1C. The number of hydrogen-bond donors (Lipinski definition) is 0. The number of esters is 1. The van der Waals surface area contributed by atoms with E-state index in [1.807, 2.05) is 6.92 Å². The smallest absolute Gasteiger partial charge is 0.309 e. The minimum absolute atomic E-state index is 0.0125. The molecule has 0 amide bonds. The maximum Gasteiger partial charge on any atom is 0.309 e. The van der Waals surface area contributed by atoms with Crippen molar-refractivity contribution in [3.63, 3.8) is 0 Å². The topological polar surface area (TPSA) is 35.5 Å². The average molecular weight is 301 g/mol. The molecule has 0 spiro atoms. The van der Waals surface area contributed by atoms with Gasteiger partial charge in [0.2, 0.25) is 0 Å². The summed E-state index contributed by atoms with van der Waals surface area (Å²) in [6.07, 6.45) is 3.18. The highest BCUT2D eigenvalue weighted by atomic mass is 28.4. The van der Waals surface area contributed by atoms with E-state index in [4.69, 9.17) is 9.16 Å². The maximum absolute atomic E-state index is 12.1. The van der Waals surface area contributed by atoms with Gasteiger partial charge in [0, 0.05) is 6.10 Å². The Morgan fingerprint density at radius 1 is 1.25 bits per heavy atom. The molecule has 1 aliphatic rings. The summed E-state index contributed by atoms with van der Waals surface area (Å²) in [6.45, 7) is 15.8. The summed E-state index contributed by atoms with van der Waals surface area (Å²) < 4.78 is 11.7. The van der Waals surface area contributed by atoms with Crippen LogP contribution in [-0.2, 0) is 14.0 Å². The molecule has 118 valence electrons. The second-order valence-corrected chi connectivity index (χ2v) is 12.4. The predicted molar refractivity (Wildman–Crippen MR) is 85.2 cm³/mol. The van der Waals surface area contributed by atoms with Gasteiger partial charge in [0.05, 0.1) is 12.5 Å². The van der Waals surface area contributed by atoms with E-state index in [1.54, 1.807) is 0 Å². The van der Waals surface area contributed by atoms with Gasteiger partial charge in [0.15, 0.2) is 8.32 Å². The maximum atomic E-state index is 12.1. The summed E-state index contributed by atoms with van der Waals surface area (Å²) in [4.78, 5) is 12.1. The fourth-order valence-electron chi connectivity index (χ4n) is 2.56. The summed E-state index contributed by atoms with van der Waals surface area (Å²) in [5.41, 5.74) is 0. The summed E-state index contributed by atoms with van der Waals surface area (Å²) in [5, 5.41) is 0.218. The van der Waals surface area contributed by atoms with Crippen LogP contribution in [0.4, 0.5) is 0 Å². The molecule has 0 aromatic rings. The summed E-state index contributed by atoms with van der Waals surface area (Å²) in [6, 6.07) is 0. The molecule has 0 radical (unpaired) electrons. The van der Waals surface area contributed by atoms with Crippen LogP contribution in [0.3, 0.4) is 0 Å². The lowest BCUT2D eigenvalue weighted by molar-refractivity contribution is -0.152. The third-order valence-corrected chi connectivity index (χ3v) is 9.54. The van der Waals surface area contributed by atoms with Crippen LogP contribution >= 0.6 is 0 Å². The average Bonchev–Trinajstić information content (AvgIpc) is 2.30. The van der Waals surface area contributed by atoms with E-state index in [-0.39, 0.29) is 23.0 Å². The van der Waals surface area contributed by atoms with Gasteiger partial charge < -0.3 is 9.16 Å². The van der Waals surface area contributed by atoms with Crippen LogP contribution in [0.25, 0.3) is 0 Å². The van der Waals surface area contributed by atoms with E-state index in [0.717, 1.165) is 19.3 Å². The van der Waals surface area contributed by atoms with Crippen LogP contribution in [0.1, 0.15) is 53.9 Å². The summed E-state index contributed by atoms with van der Waals surface area (Å²) >= 11 is 0. The zero-order chi connectivity index (χ0) is 15.6. The number of ether oxygens (including phenoxy) is 1. The van der Waals surface area contributed by atoms with E-state index in [0.29, 0.717) is 12.5 Å². The first-order valence-corrected chi connectivity index (χ1v) is 10.8. The molecular formula is C16H32O3Si. The molecule has 20 heavy (non-hydrogen) atoms. The molecule has 1 saturated carbocycles. The van der Waals surface area contributed by atoms with E-state index >= 15 is 0 Å². The van der Waals surface area contributed by atoms with E-state index in [1.165, 1.54) is 0 Å². The molecule has 0 heterocycles. The standard InChI is InChI=1S/C16H32O3Si/c1-8-18-15(17)14-11-13(10-9-12(14)2)19-20(6,7)16(3,4)5/h12-14H,8-11H2,1-7H3/t12-,13?,14-/m0/s1. The normalized spacial score (nSPS) is 28.2. The van der Waals surface area contributed by atoms with Gasteiger partial charge >= 0.3 is 5.97 Å². The molecule has 0 N–H and O–H groups in total. The van der Waals surface area contributed by atoms with Crippen molar-refractivity contribution in [3.05, 3.63) is 0 Å². The molecule has 1 rings (SSSR count). The highest BCUT2D eigenvalue weighted by Gasteiger charge is 2.42. The molecular weight excluding hydrogens is 268 g/mol. The molecule has 0 aliphatic heterocycles. The van der Waals surface area contributed by atoms with Crippen molar-refractivity contribution in [3.8, 4) is 0 Å². The molecule has 0 aromatic heterocycles. The lowest BCUT2D eigenvalue weighted by atomic mass is 9.79. The Morgan fingerprint density at radius 2 is 1.85 bits per heavy atom. The van der Waals surface area contributed by atoms with Crippen LogP contribution < -0.4 is 0 Å². The largest absolute Gasteiger partial charge is 0.466 e. The van der Waals surface area contributed by atoms with Gasteiger partial charge in [-0.3, -0.25) is 4.79 Å². The van der Waals surface area contributed by atoms with Gasteiger partial charge in [-0.2, -0.15) is 0 Å². The van der Waals surface area contributed by atoms with Crippen molar-refractivity contribution in [2.24, 2.45) is 11.8 Å². The first-order valence-electron chi connectivity index (χ1n) is 7.93. The zero-order valence-corrected chi connectivity index (χ0v) is 15.3. The molecule has 4 heteroatoms. The Balaban J connectivity index is 2.68. The zero-order valence-electron chi connectivity index (χ0n) is 14.3. The second kappa shape index (κ2) is 6.61. The fourth-order valence-corrected chi connectivity index (χ4v) is 3.96. The van der Waals surface area contributed by atoms with Crippen molar-refractivity contribution >= 4 is 14.3 Å². The van der Waals surface area contributed by atoms with Crippen LogP contribution in [0.5, 0.6) is 0 Å². The highest BCUT2D eigenvalue weighted by molar-refractivity contribution is 6.74. The fraction of sp³-hybridized carbons (Fsp3) is 0.938. The van der Waals surface area contributed by atoms with Gasteiger partial charge in [-0.05, 0) is 50.2 Å². The van der Waals surface area contributed by atoms with Crippen LogP contribution in [0, 0.1) is 11.8 Å². The van der Waals surface area contributed by atoms with Gasteiger partial charge in [-0.25, -0.2) is 0 Å². The first-order chi connectivity index (χ1) is 9.08. The molecule has 3 nitrogen and oxygen atoms in total.